The number of hydrogen-bond donors (Lipinski definition) is 2. The number of likely N-dealkylation sites (tertiary alicyclic amines) is 1. The van der Waals surface area contributed by atoms with E-state index in [2.05, 4.69) is 47.0 Å². The predicted molar refractivity (Wildman–Crippen MR) is 137 cm³/mol. The molecule has 0 aliphatic carbocycles. The van der Waals surface area contributed by atoms with Crippen molar-refractivity contribution in [3.8, 4) is 0 Å². The highest BCUT2D eigenvalue weighted by molar-refractivity contribution is 14.0. The van der Waals surface area contributed by atoms with Gasteiger partial charge in [-0.25, -0.2) is 0 Å². The Morgan fingerprint density at radius 2 is 1.80 bits per heavy atom. The van der Waals surface area contributed by atoms with Gasteiger partial charge in [0.2, 0.25) is 0 Å². The van der Waals surface area contributed by atoms with E-state index in [1.54, 1.807) is 18.4 Å². The average Bonchev–Trinajstić information content (AvgIpc) is 3.30. The Morgan fingerprint density at radius 1 is 1.10 bits per heavy atom. The maximum atomic E-state index is 12.6. The molecule has 0 bridgehead atoms. The van der Waals surface area contributed by atoms with Gasteiger partial charge < -0.3 is 15.5 Å². The van der Waals surface area contributed by atoms with Gasteiger partial charge in [-0.2, -0.15) is 0 Å². The van der Waals surface area contributed by atoms with Crippen molar-refractivity contribution < 1.29 is 4.79 Å². The molecule has 5 nitrogen and oxygen atoms in total. The van der Waals surface area contributed by atoms with Gasteiger partial charge in [-0.1, -0.05) is 32.0 Å². The van der Waals surface area contributed by atoms with Gasteiger partial charge in [-0.05, 0) is 48.4 Å². The van der Waals surface area contributed by atoms with Crippen LogP contribution in [0.5, 0.6) is 0 Å². The summed E-state index contributed by atoms with van der Waals surface area (Å²) in [7, 11) is 1.79. The monoisotopic (exact) mass is 540 g/mol. The number of thiophene rings is 1. The quantitative estimate of drug-likeness (QED) is 0.319. The molecule has 0 atom stereocenters. The van der Waals surface area contributed by atoms with Gasteiger partial charge in [0.25, 0.3) is 5.91 Å². The molecule has 3 rings (SSSR count). The Labute approximate surface area is 201 Å². The molecule has 0 unspecified atom stereocenters. The number of halogens is 1. The number of carbonyl (C=O) groups excluding carboxylic acids is 1. The number of rotatable bonds is 6. The number of guanidine groups is 1. The maximum absolute atomic E-state index is 12.6. The second-order valence-corrected chi connectivity index (χ2v) is 9.14. The largest absolute Gasteiger partial charge is 0.356 e. The van der Waals surface area contributed by atoms with E-state index in [-0.39, 0.29) is 35.3 Å². The summed E-state index contributed by atoms with van der Waals surface area (Å²) in [5.41, 5.74) is 1.94. The molecule has 1 saturated heterocycles. The molecule has 1 aliphatic heterocycles. The highest BCUT2D eigenvalue weighted by Gasteiger charge is 2.22. The molecule has 1 aromatic heterocycles. The summed E-state index contributed by atoms with van der Waals surface area (Å²) in [5.74, 6) is 0.931. The lowest BCUT2D eigenvalue weighted by Crippen LogP contribution is -2.42. The van der Waals surface area contributed by atoms with E-state index in [0.717, 1.165) is 49.6 Å². The van der Waals surface area contributed by atoms with Crippen molar-refractivity contribution in [2.45, 2.75) is 45.1 Å². The molecular weight excluding hydrogens is 507 g/mol. The zero-order valence-electron chi connectivity index (χ0n) is 18.1. The third kappa shape index (κ3) is 6.70. The van der Waals surface area contributed by atoms with Crippen LogP contribution in [-0.4, -0.2) is 43.4 Å². The van der Waals surface area contributed by atoms with Crippen LogP contribution < -0.4 is 10.6 Å². The van der Waals surface area contributed by atoms with Crippen LogP contribution in [0.2, 0.25) is 0 Å². The van der Waals surface area contributed by atoms with Crippen molar-refractivity contribution >= 4 is 47.2 Å². The van der Waals surface area contributed by atoms with Gasteiger partial charge in [0, 0.05) is 49.1 Å². The molecule has 1 amide bonds. The van der Waals surface area contributed by atoms with Crippen molar-refractivity contribution in [2.24, 2.45) is 4.99 Å². The fourth-order valence-electron chi connectivity index (χ4n) is 3.51. The van der Waals surface area contributed by atoms with Crippen molar-refractivity contribution in [1.29, 1.82) is 0 Å². The van der Waals surface area contributed by atoms with Crippen molar-refractivity contribution in [2.75, 3.05) is 26.7 Å². The number of nitrogens with one attached hydrogen (secondary N) is 2. The summed E-state index contributed by atoms with van der Waals surface area (Å²) in [6.07, 6.45) is 3.46. The Balaban J connectivity index is 0.00000320. The fourth-order valence-corrected chi connectivity index (χ4v) is 4.36. The van der Waals surface area contributed by atoms with Crippen molar-refractivity contribution in [3.05, 3.63) is 57.8 Å². The number of nitrogens with zero attached hydrogens (tertiary/aromatic N) is 2. The van der Waals surface area contributed by atoms with E-state index in [1.165, 1.54) is 11.3 Å². The molecule has 2 aromatic rings. The topological polar surface area (TPSA) is 56.7 Å². The first-order valence-electron chi connectivity index (χ1n) is 10.4. The van der Waals surface area contributed by atoms with Crippen LogP contribution in [0.4, 0.5) is 0 Å². The first-order chi connectivity index (χ1) is 14.0. The predicted octanol–water partition coefficient (Wildman–Crippen LogP) is 4.64. The van der Waals surface area contributed by atoms with Crippen LogP contribution in [0, 0.1) is 0 Å². The van der Waals surface area contributed by atoms with Crippen LogP contribution >= 0.6 is 35.3 Å². The van der Waals surface area contributed by atoms with E-state index in [1.807, 2.05) is 29.2 Å². The third-order valence-corrected chi connectivity index (χ3v) is 6.65. The van der Waals surface area contributed by atoms with E-state index in [4.69, 9.17) is 0 Å². The molecule has 164 valence electrons. The molecule has 0 spiro atoms. The van der Waals surface area contributed by atoms with Crippen LogP contribution in [0.1, 0.15) is 53.9 Å². The summed E-state index contributed by atoms with van der Waals surface area (Å²) in [4.78, 5) is 20.2. The zero-order valence-corrected chi connectivity index (χ0v) is 21.3. The van der Waals surface area contributed by atoms with Crippen LogP contribution in [0.15, 0.2) is 46.8 Å². The number of carbonyl (C=O) groups is 1. The minimum atomic E-state index is 0. The maximum Gasteiger partial charge on any atom is 0.253 e. The van der Waals surface area contributed by atoms with Gasteiger partial charge in [0.15, 0.2) is 5.96 Å². The van der Waals surface area contributed by atoms with Gasteiger partial charge >= 0.3 is 0 Å². The third-order valence-electron chi connectivity index (χ3n) is 5.41. The van der Waals surface area contributed by atoms with Crippen LogP contribution in [-0.2, 0) is 12.0 Å². The first-order valence-corrected chi connectivity index (χ1v) is 11.2. The molecule has 1 aliphatic rings. The summed E-state index contributed by atoms with van der Waals surface area (Å²) < 4.78 is 0. The lowest BCUT2D eigenvalue weighted by atomic mass is 9.91. The summed E-state index contributed by atoms with van der Waals surface area (Å²) in [6.45, 7) is 7.69. The molecule has 30 heavy (non-hydrogen) atoms. The van der Waals surface area contributed by atoms with Crippen molar-refractivity contribution in [3.63, 3.8) is 0 Å². The second-order valence-electron chi connectivity index (χ2n) is 8.19. The molecular formula is C23H33IN4OS. The SMILES string of the molecule is CN=C(NCc1ccc(C(=O)N2CCCCC2)cc1)NCC(C)(C)c1cccs1.I. The van der Waals surface area contributed by atoms with Crippen LogP contribution in [0.3, 0.4) is 0 Å². The Hall–Kier alpha value is -1.61. The highest BCUT2D eigenvalue weighted by Crippen LogP contribution is 2.26. The lowest BCUT2D eigenvalue weighted by Gasteiger charge is -2.26. The molecule has 1 fully saturated rings. The molecule has 2 heterocycles. The second kappa shape index (κ2) is 11.7. The Bertz CT molecular complexity index is 812. The van der Waals surface area contributed by atoms with E-state index in [0.29, 0.717) is 6.54 Å². The Morgan fingerprint density at radius 3 is 2.40 bits per heavy atom. The molecule has 1 aromatic carbocycles. The smallest absolute Gasteiger partial charge is 0.253 e. The number of amides is 1. The summed E-state index contributed by atoms with van der Waals surface area (Å²) in [5, 5.41) is 8.90. The first kappa shape index (κ1) is 24.7. The highest BCUT2D eigenvalue weighted by atomic mass is 127. The number of aliphatic imine (C=N–C) groups is 1. The summed E-state index contributed by atoms with van der Waals surface area (Å²) >= 11 is 1.78. The zero-order chi connectivity index (χ0) is 20.7. The normalized spacial score (nSPS) is 14.8. The van der Waals surface area contributed by atoms with Gasteiger partial charge in [0.1, 0.15) is 0 Å². The minimum absolute atomic E-state index is 0. The van der Waals surface area contributed by atoms with Gasteiger partial charge in [-0.3, -0.25) is 9.79 Å². The molecule has 0 radical (unpaired) electrons. The van der Waals surface area contributed by atoms with Gasteiger partial charge in [-0.15, -0.1) is 35.3 Å². The number of piperidine rings is 1. The minimum Gasteiger partial charge on any atom is -0.356 e. The van der Waals surface area contributed by atoms with E-state index >= 15 is 0 Å². The van der Waals surface area contributed by atoms with Crippen molar-refractivity contribution in [1.82, 2.24) is 15.5 Å². The molecule has 0 saturated carbocycles. The number of hydrogen-bond acceptors (Lipinski definition) is 3. The lowest BCUT2D eigenvalue weighted by molar-refractivity contribution is 0.0724. The van der Waals surface area contributed by atoms with Gasteiger partial charge in [0.05, 0.1) is 0 Å². The average molecular weight is 541 g/mol. The van der Waals surface area contributed by atoms with Crippen LogP contribution in [0.25, 0.3) is 0 Å². The molecule has 2 N–H and O–H groups in total. The van der Waals surface area contributed by atoms with E-state index < -0.39 is 0 Å². The standard InChI is InChI=1S/C23H32N4OS.HI/c1-23(2,20-8-7-15-29-20)17-26-22(24-3)25-16-18-9-11-19(12-10-18)21(28)27-13-5-4-6-14-27;/h7-12,15H,4-6,13-14,16-17H2,1-3H3,(H2,24,25,26);1H. The molecule has 7 heteroatoms. The Kier molecular flexibility index (Phi) is 9.61. The van der Waals surface area contributed by atoms with E-state index in [9.17, 15) is 4.79 Å². The fraction of sp³-hybridized carbons (Fsp3) is 0.478. The summed E-state index contributed by atoms with van der Waals surface area (Å²) in [6, 6.07) is 12.2. The number of benzene rings is 1.